The van der Waals surface area contributed by atoms with E-state index in [9.17, 15) is 125 Å². The second kappa shape index (κ2) is 39.5. The van der Waals surface area contributed by atoms with Crippen molar-refractivity contribution in [3.8, 4) is 0 Å². The molecule has 60 heteroatoms. The van der Waals surface area contributed by atoms with E-state index < -0.39 is 204 Å². The zero-order valence-corrected chi connectivity index (χ0v) is 63.3. The van der Waals surface area contributed by atoms with Crippen LogP contribution >= 0.6 is 70.5 Å². The van der Waals surface area contributed by atoms with Gasteiger partial charge >= 0.3 is 58.9 Å². The van der Waals surface area contributed by atoms with Crippen LogP contribution in [-0.2, 0) is 111 Å². The Hall–Kier alpha value is -5.94. The number of aliphatic hydroxyl groups is 4. The molecule has 22 N–H and O–H groups in total. The smallest absolute Gasteiger partial charge is 0.481 e. The normalized spacial score (nSPS) is 21.9. The number of carbonyl (C=O) groups excluding carboxylic acids is 6. The molecular weight excluding hydrogens is 1630 g/mol. The minimum atomic E-state index is -5.59. The number of carbonyl (C=O) groups is 8. The molecule has 6 unspecified atom stereocenters. The molecule has 4 amide bonds. The lowest BCUT2D eigenvalue weighted by atomic mass is 9.87. The molecule has 2 saturated heterocycles. The quantitative estimate of drug-likeness (QED) is 0.0115. The molecule has 2 fully saturated rings. The number of rotatable bonds is 42. The number of carboxylic acid groups (broad SMARTS) is 2. The van der Waals surface area contributed by atoms with E-state index in [2.05, 4.69) is 68.8 Å². The molecule has 0 bridgehead atoms. The van der Waals surface area contributed by atoms with Crippen LogP contribution in [0, 0.1) is 10.8 Å². The third-order valence-electron chi connectivity index (χ3n) is 14.1. The van der Waals surface area contributed by atoms with E-state index in [0.29, 0.717) is 0 Å². The summed E-state index contributed by atoms with van der Waals surface area (Å²) < 4.78 is 124. The lowest BCUT2D eigenvalue weighted by Crippen LogP contribution is -2.46. The van der Waals surface area contributed by atoms with Gasteiger partial charge in [-0.1, -0.05) is 51.2 Å². The van der Waals surface area contributed by atoms with Gasteiger partial charge in [0.05, 0.1) is 39.1 Å². The summed E-state index contributed by atoms with van der Waals surface area (Å²) in [5, 5.41) is 68.0. The first-order valence-corrected chi connectivity index (χ1v) is 41.4. The molecule has 14 atom stereocenters. The number of anilines is 2. The summed E-state index contributed by atoms with van der Waals surface area (Å²) in [6, 6.07) is 0. The fourth-order valence-electron chi connectivity index (χ4n) is 8.94. The van der Waals surface area contributed by atoms with Gasteiger partial charge in [0.15, 0.2) is 45.6 Å². The first kappa shape index (κ1) is 92.7. The van der Waals surface area contributed by atoms with Crippen molar-refractivity contribution in [2.24, 2.45) is 10.8 Å². The predicted molar refractivity (Wildman–Crippen MR) is 359 cm³/mol. The van der Waals surface area contributed by atoms with Crippen LogP contribution in [0.4, 0.5) is 11.6 Å². The van der Waals surface area contributed by atoms with Gasteiger partial charge in [0.2, 0.25) is 23.6 Å². The van der Waals surface area contributed by atoms with Gasteiger partial charge in [0, 0.05) is 61.4 Å². The number of carboxylic acids is 2. The van der Waals surface area contributed by atoms with Crippen molar-refractivity contribution in [2.75, 3.05) is 75.6 Å². The molecule has 2 aliphatic heterocycles. The molecule has 0 saturated carbocycles. The number of hydrogen-bond donors (Lipinski definition) is 20. The van der Waals surface area contributed by atoms with Crippen LogP contribution in [-0.4, -0.2) is 268 Å². The van der Waals surface area contributed by atoms with E-state index in [1.54, 1.807) is 0 Å². The molecule has 4 aromatic rings. The van der Waals surface area contributed by atoms with Gasteiger partial charge in [-0.05, 0) is 0 Å². The van der Waals surface area contributed by atoms with Gasteiger partial charge in [-0.3, -0.25) is 74.6 Å². The summed E-state index contributed by atoms with van der Waals surface area (Å²) >= 11 is 1.44. The Kier molecular flexibility index (Phi) is 33.9. The number of nitrogens with two attached hydrogens (primary N) is 2. The Morgan fingerprint density at radius 2 is 0.861 bits per heavy atom. The van der Waals surface area contributed by atoms with Crippen molar-refractivity contribution in [1.82, 2.24) is 60.3 Å². The van der Waals surface area contributed by atoms with Crippen LogP contribution in [0.2, 0.25) is 0 Å². The van der Waals surface area contributed by atoms with E-state index in [4.69, 9.17) is 49.2 Å². The molecule has 52 nitrogen and oxygen atoms in total. The monoisotopic (exact) mass is 1710 g/mol. The van der Waals surface area contributed by atoms with Gasteiger partial charge in [-0.15, -0.1) is 0 Å². The van der Waals surface area contributed by atoms with Crippen molar-refractivity contribution >= 4 is 150 Å². The number of hydrogen-bond acceptors (Lipinski definition) is 38. The summed E-state index contributed by atoms with van der Waals surface area (Å²) in [6.07, 6.45) is -15.6. The minimum Gasteiger partial charge on any atom is -0.481 e. The van der Waals surface area contributed by atoms with Crippen LogP contribution in [0.3, 0.4) is 0 Å². The van der Waals surface area contributed by atoms with E-state index in [1.807, 2.05) is 0 Å². The first-order chi connectivity index (χ1) is 49.8. The van der Waals surface area contributed by atoms with Crippen LogP contribution in [0.15, 0.2) is 25.3 Å². The summed E-state index contributed by atoms with van der Waals surface area (Å²) in [7, 11) is -32.9. The summed E-state index contributed by atoms with van der Waals surface area (Å²) in [6.45, 7) is 0.264. The topological polar surface area (TPSA) is 802 Å². The fourth-order valence-corrected chi connectivity index (χ4v) is 15.9. The molecule has 0 aromatic carbocycles. The number of thioether (sulfide) groups is 2. The molecule has 6 rings (SSSR count). The first-order valence-electron chi connectivity index (χ1n) is 30.4. The average molecular weight is 1710 g/mol. The number of aliphatic hydroxyl groups excluding tert-OH is 4. The van der Waals surface area contributed by atoms with Gasteiger partial charge < -0.3 is 112 Å². The SMILES string of the molecule is CC(C)(COP(=O)(O)OP(=O)(O)OC[C@H]1O[C@@H](n2cnc3c(N)ncnc32)[C@H](O)[C@@H]1OP(=O)(O)O)C(O)C(=O)NCCC(=O)NCCSC(=O)CC(=O)O.CC(C)(COP(=O)(O)OP(=O)(O)OC[C@H]1O[C@@H](n2cnc3c(N)ncnc32)[C@H](O)[C@@H]1OP(=O)(O)O)C(O)C(=O)NCCC(=O)NCCSC(=O)CC(=O)O. The molecule has 4 aromatic heterocycles. The van der Waals surface area contributed by atoms with Gasteiger partial charge in [-0.25, -0.2) is 57.3 Å². The van der Waals surface area contributed by atoms with Crippen LogP contribution in [0.25, 0.3) is 22.3 Å². The second-order valence-electron chi connectivity index (χ2n) is 23.7. The zero-order valence-electron chi connectivity index (χ0n) is 56.3. The Morgan fingerprint density at radius 3 is 1.19 bits per heavy atom. The lowest BCUT2D eigenvalue weighted by molar-refractivity contribution is -0.140. The Morgan fingerprint density at radius 1 is 0.528 bits per heavy atom. The van der Waals surface area contributed by atoms with E-state index in [1.165, 1.54) is 27.7 Å². The van der Waals surface area contributed by atoms with Crippen molar-refractivity contribution in [3.05, 3.63) is 25.3 Å². The van der Waals surface area contributed by atoms with Crippen LogP contribution < -0.4 is 32.7 Å². The maximum Gasteiger partial charge on any atom is 0.481 e. The number of fused-ring (bicyclic) bond motifs is 2. The Balaban J connectivity index is 0.000000387. The average Bonchev–Trinajstić information content (AvgIpc) is 1.62. The van der Waals surface area contributed by atoms with E-state index in [0.717, 1.165) is 58.0 Å². The zero-order chi connectivity index (χ0) is 81.3. The van der Waals surface area contributed by atoms with Gasteiger partial charge in [-0.2, -0.15) is 8.62 Å². The number of nitrogen functional groups attached to an aromatic ring is 2. The maximum absolute atomic E-state index is 12.6. The molecule has 0 aliphatic carbocycles. The van der Waals surface area contributed by atoms with Gasteiger partial charge in [0.25, 0.3) is 0 Å². The van der Waals surface area contributed by atoms with Crippen LogP contribution in [0.1, 0.15) is 65.8 Å². The molecule has 108 heavy (non-hydrogen) atoms. The number of nitrogens with one attached hydrogen (secondary N) is 4. The fraction of sp³-hybridized carbons (Fsp3) is 0.625. The summed E-state index contributed by atoms with van der Waals surface area (Å²) in [5.41, 5.74) is 8.38. The molecule has 608 valence electrons. The van der Waals surface area contributed by atoms with Crippen molar-refractivity contribution in [1.29, 1.82) is 0 Å². The number of nitrogens with zero attached hydrogens (tertiary/aromatic N) is 8. The highest BCUT2D eigenvalue weighted by molar-refractivity contribution is 8.14. The number of aromatic nitrogens is 8. The third-order valence-corrected chi connectivity index (χ3v) is 22.1. The number of ether oxygens (including phenoxy) is 2. The van der Waals surface area contributed by atoms with Crippen LogP contribution in [0.5, 0.6) is 0 Å². The molecule has 6 heterocycles. The summed E-state index contributed by atoms with van der Waals surface area (Å²) in [4.78, 5) is 194. The largest absolute Gasteiger partial charge is 0.481 e. The van der Waals surface area contributed by atoms with E-state index >= 15 is 0 Å². The van der Waals surface area contributed by atoms with Crippen molar-refractivity contribution < 1.29 is 181 Å². The number of phosphoric ester groups is 6. The third kappa shape index (κ3) is 29.6. The standard InChI is InChI=1S/2C24H38N7O19P3S/c2*1-24(2,19(37)22(38)27-4-3-13(32)26-5-6-54-15(35)7-14(33)34)9-47-53(44,45)50-52(42,43)46-8-12-18(49-51(39,40)41)17(36)23(48-12)31-11-30-16-20(25)28-10-29-21(16)31/h2*10-12,17-19,23,36-37H,3-9H2,1-2H3,(H,26,32)(H,27,38)(H,33,34)(H,42,43)(H,44,45)(H2,25,28,29)(H2,39,40,41)/t2*12-,17-,18-,19?,23-/m11/s1. The molecular formula is C48H76N14O38P6S2. The second-order valence-corrected chi connectivity index (χ2v) is 34.5. The highest BCUT2D eigenvalue weighted by Gasteiger charge is 2.53. The molecule has 0 radical (unpaired) electrons. The Bertz CT molecular complexity index is 3910. The highest BCUT2D eigenvalue weighted by atomic mass is 32.2. The number of aliphatic carboxylic acids is 2. The van der Waals surface area contributed by atoms with Crippen molar-refractivity contribution in [2.45, 2.75) is 115 Å². The predicted octanol–water partition coefficient (Wildman–Crippen LogP) is -3.72. The Labute approximate surface area is 615 Å². The van der Waals surface area contributed by atoms with E-state index in [-0.39, 0.29) is 84.5 Å². The number of imidazole rings is 2. The highest BCUT2D eigenvalue weighted by Crippen LogP contribution is 2.63. The minimum absolute atomic E-state index is 0.0185. The number of amides is 4. The maximum atomic E-state index is 12.6. The molecule has 2 aliphatic rings. The summed E-state index contributed by atoms with van der Waals surface area (Å²) in [5.74, 6) is -5.59. The lowest BCUT2D eigenvalue weighted by Gasteiger charge is -2.30. The van der Waals surface area contributed by atoms with Gasteiger partial charge in [0.1, 0.15) is 85.4 Å². The number of phosphoric acid groups is 6. The van der Waals surface area contributed by atoms with Crippen molar-refractivity contribution in [3.63, 3.8) is 0 Å². The molecule has 0 spiro atoms.